The highest BCUT2D eigenvalue weighted by molar-refractivity contribution is 5.32. The number of aliphatic hydroxyl groups excluding tert-OH is 1. The molecule has 0 radical (unpaired) electrons. The third-order valence-electron chi connectivity index (χ3n) is 8.49. The Morgan fingerprint density at radius 3 is 0.667 bits per heavy atom. The molecule has 39 heavy (non-hydrogen) atoms. The van der Waals surface area contributed by atoms with Crippen LogP contribution in [0.5, 0.6) is 0 Å². The van der Waals surface area contributed by atoms with Gasteiger partial charge < -0.3 is 5.11 Å². The Kier molecular flexibility index (Phi) is 36.7. The second kappa shape index (κ2) is 37.3. The van der Waals surface area contributed by atoms with Crippen molar-refractivity contribution in [3.05, 3.63) is 0 Å². The van der Waals surface area contributed by atoms with E-state index in [4.69, 9.17) is 5.11 Å². The van der Waals surface area contributed by atoms with E-state index in [2.05, 4.69) is 4.99 Å². The minimum Gasteiger partial charge on any atom is -0.396 e. The van der Waals surface area contributed by atoms with E-state index in [0.717, 1.165) is 12.8 Å². The van der Waals surface area contributed by atoms with E-state index in [1.807, 2.05) is 0 Å². The van der Waals surface area contributed by atoms with Crippen LogP contribution in [0.15, 0.2) is 4.99 Å². The molecule has 3 heteroatoms. The number of hydrogen-bond donors (Lipinski definition) is 1. The number of isocyanates is 1. The number of rotatable bonds is 35. The molecule has 0 saturated carbocycles. The van der Waals surface area contributed by atoms with Crippen molar-refractivity contribution in [3.63, 3.8) is 0 Å². The maximum Gasteiger partial charge on any atom is 0.234 e. The number of carbonyl (C=O) groups excluding carboxylic acids is 1. The van der Waals surface area contributed by atoms with Gasteiger partial charge in [-0.1, -0.05) is 199 Å². The molecule has 0 aromatic rings. The zero-order valence-corrected chi connectivity index (χ0v) is 26.6. The first-order chi connectivity index (χ1) is 19.4. The molecular formula is C36H71NO2. The van der Waals surface area contributed by atoms with Crippen LogP contribution in [0, 0.1) is 0 Å². The molecule has 0 saturated heterocycles. The van der Waals surface area contributed by atoms with Crippen LogP contribution in [-0.4, -0.2) is 24.3 Å². The number of hydrogen-bond acceptors (Lipinski definition) is 3. The number of nitrogens with zero attached hydrogens (tertiary/aromatic N) is 1. The predicted molar refractivity (Wildman–Crippen MR) is 172 cm³/mol. The van der Waals surface area contributed by atoms with Gasteiger partial charge in [0.1, 0.15) is 0 Å². The van der Waals surface area contributed by atoms with Crippen LogP contribution in [0.1, 0.15) is 212 Å². The van der Waals surface area contributed by atoms with E-state index in [1.165, 1.54) is 199 Å². The first kappa shape index (κ1) is 38.3. The first-order valence-corrected chi connectivity index (χ1v) is 18.1. The van der Waals surface area contributed by atoms with Crippen molar-refractivity contribution in [1.29, 1.82) is 0 Å². The van der Waals surface area contributed by atoms with Gasteiger partial charge in [0, 0.05) is 6.61 Å². The largest absolute Gasteiger partial charge is 0.396 e. The highest BCUT2D eigenvalue weighted by Crippen LogP contribution is 2.17. The van der Waals surface area contributed by atoms with Crippen LogP contribution in [0.2, 0.25) is 0 Å². The van der Waals surface area contributed by atoms with Gasteiger partial charge in [-0.25, -0.2) is 9.79 Å². The minimum absolute atomic E-state index is 0.369. The van der Waals surface area contributed by atoms with Gasteiger partial charge in [0.05, 0.1) is 6.54 Å². The van der Waals surface area contributed by atoms with Crippen LogP contribution in [0.3, 0.4) is 0 Å². The zero-order chi connectivity index (χ0) is 28.2. The normalized spacial score (nSPS) is 11.2. The van der Waals surface area contributed by atoms with Gasteiger partial charge >= 0.3 is 0 Å². The van der Waals surface area contributed by atoms with Gasteiger partial charge in [-0.15, -0.1) is 0 Å². The molecule has 0 bridgehead atoms. The monoisotopic (exact) mass is 550 g/mol. The Morgan fingerprint density at radius 1 is 0.308 bits per heavy atom. The van der Waals surface area contributed by atoms with Crippen molar-refractivity contribution in [1.82, 2.24) is 0 Å². The summed E-state index contributed by atoms with van der Waals surface area (Å²) in [6.07, 6.45) is 47.6. The lowest BCUT2D eigenvalue weighted by molar-refractivity contribution is 0.282. The number of aliphatic hydroxyl groups is 1. The van der Waals surface area contributed by atoms with Crippen molar-refractivity contribution in [2.75, 3.05) is 13.2 Å². The molecule has 0 rings (SSSR count). The maximum atomic E-state index is 9.99. The lowest BCUT2D eigenvalue weighted by atomic mass is 10.0. The fourth-order valence-electron chi connectivity index (χ4n) is 5.83. The summed E-state index contributed by atoms with van der Waals surface area (Å²) in [6.45, 7) is 1.04. The molecule has 0 aromatic carbocycles. The predicted octanol–water partition coefficient (Wildman–Crippen LogP) is 12.2. The first-order valence-electron chi connectivity index (χ1n) is 18.1. The molecule has 0 fully saturated rings. The molecule has 0 amide bonds. The Hall–Kier alpha value is -0.660. The smallest absolute Gasteiger partial charge is 0.234 e. The molecule has 0 heterocycles. The summed E-state index contributed by atoms with van der Waals surface area (Å²) in [4.78, 5) is 13.6. The molecule has 0 aliphatic rings. The third kappa shape index (κ3) is 37.3. The van der Waals surface area contributed by atoms with Crippen LogP contribution < -0.4 is 0 Å². The fraction of sp³-hybridized carbons (Fsp3) is 0.972. The van der Waals surface area contributed by atoms with E-state index in [-0.39, 0.29) is 0 Å². The maximum absolute atomic E-state index is 9.99. The summed E-state index contributed by atoms with van der Waals surface area (Å²) in [5.41, 5.74) is 0. The summed E-state index contributed by atoms with van der Waals surface area (Å²) in [6, 6.07) is 0. The standard InChI is InChI=1S/C36H71NO2/c38-35-33-31-29-27-25-23-21-19-17-15-13-11-9-7-5-3-1-2-4-6-8-10-12-14-16-18-20-22-24-26-28-30-32-34-37-36-39/h38H,1-35H2. The van der Waals surface area contributed by atoms with E-state index < -0.39 is 0 Å². The topological polar surface area (TPSA) is 49.7 Å². The van der Waals surface area contributed by atoms with Crippen LogP contribution in [0.25, 0.3) is 0 Å². The highest BCUT2D eigenvalue weighted by Gasteiger charge is 1.97. The molecule has 0 spiro atoms. The van der Waals surface area contributed by atoms with E-state index in [0.29, 0.717) is 13.2 Å². The van der Waals surface area contributed by atoms with Gasteiger partial charge in [-0.2, -0.15) is 0 Å². The summed E-state index contributed by atoms with van der Waals surface area (Å²) in [5, 5.41) is 8.78. The number of unbranched alkanes of at least 4 members (excludes halogenated alkanes) is 32. The Balaban J connectivity index is 3.02. The highest BCUT2D eigenvalue weighted by atomic mass is 16.2. The van der Waals surface area contributed by atoms with Crippen molar-refractivity contribution in [2.24, 2.45) is 4.99 Å². The van der Waals surface area contributed by atoms with Crippen molar-refractivity contribution < 1.29 is 9.90 Å². The van der Waals surface area contributed by atoms with Gasteiger partial charge in [0.2, 0.25) is 6.08 Å². The molecule has 232 valence electrons. The van der Waals surface area contributed by atoms with Gasteiger partial charge in [0.15, 0.2) is 0 Å². The van der Waals surface area contributed by atoms with Crippen molar-refractivity contribution in [2.45, 2.75) is 212 Å². The lowest BCUT2D eigenvalue weighted by Gasteiger charge is -2.05. The summed E-state index contributed by atoms with van der Waals surface area (Å²) >= 11 is 0. The fourth-order valence-corrected chi connectivity index (χ4v) is 5.83. The minimum atomic E-state index is 0.369. The van der Waals surface area contributed by atoms with Crippen LogP contribution in [-0.2, 0) is 4.79 Å². The average molecular weight is 550 g/mol. The zero-order valence-electron chi connectivity index (χ0n) is 26.6. The molecule has 0 aromatic heterocycles. The van der Waals surface area contributed by atoms with Crippen LogP contribution in [0.4, 0.5) is 0 Å². The third-order valence-corrected chi connectivity index (χ3v) is 8.49. The Bertz CT molecular complexity index is 475. The van der Waals surface area contributed by atoms with Crippen molar-refractivity contribution in [3.8, 4) is 0 Å². The average Bonchev–Trinajstić information content (AvgIpc) is 2.95. The summed E-state index contributed by atoms with van der Waals surface area (Å²) in [7, 11) is 0. The molecular weight excluding hydrogens is 478 g/mol. The number of aliphatic imine (C=N–C) groups is 1. The van der Waals surface area contributed by atoms with Gasteiger partial charge in [-0.05, 0) is 12.8 Å². The van der Waals surface area contributed by atoms with Crippen LogP contribution >= 0.6 is 0 Å². The molecule has 0 aliphatic heterocycles. The molecule has 0 unspecified atom stereocenters. The van der Waals surface area contributed by atoms with Crippen molar-refractivity contribution >= 4 is 6.08 Å². The molecule has 3 nitrogen and oxygen atoms in total. The van der Waals surface area contributed by atoms with Gasteiger partial charge in [0.25, 0.3) is 0 Å². The Morgan fingerprint density at radius 2 is 0.487 bits per heavy atom. The molecule has 1 N–H and O–H groups in total. The quantitative estimate of drug-likeness (QED) is 0.0485. The summed E-state index contributed by atoms with van der Waals surface area (Å²) < 4.78 is 0. The van der Waals surface area contributed by atoms with E-state index in [9.17, 15) is 4.79 Å². The second-order valence-electron chi connectivity index (χ2n) is 12.4. The lowest BCUT2D eigenvalue weighted by Crippen LogP contribution is -1.85. The van der Waals surface area contributed by atoms with E-state index in [1.54, 1.807) is 6.08 Å². The molecule has 0 aliphatic carbocycles. The van der Waals surface area contributed by atoms with E-state index >= 15 is 0 Å². The SMILES string of the molecule is O=C=NCCCCCCCCCCCCCCCCCCCCCCCCCCCCCCCCCCCO. The second-order valence-corrected chi connectivity index (χ2v) is 12.4. The Labute approximate surface area is 245 Å². The summed E-state index contributed by atoms with van der Waals surface area (Å²) in [5.74, 6) is 0. The molecule has 0 atom stereocenters. The van der Waals surface area contributed by atoms with Gasteiger partial charge in [-0.3, -0.25) is 0 Å².